The first kappa shape index (κ1) is 16.6. The molecule has 6 fully saturated rings. The fraction of sp³-hybridized carbons (Fsp3) is 0.955. The van der Waals surface area contributed by atoms with Crippen molar-refractivity contribution < 1.29 is 9.90 Å². The van der Waals surface area contributed by atoms with E-state index in [0.29, 0.717) is 11.3 Å². The van der Waals surface area contributed by atoms with Crippen molar-refractivity contribution in [1.82, 2.24) is 4.90 Å². The Morgan fingerprint density at radius 2 is 1.60 bits per heavy atom. The van der Waals surface area contributed by atoms with Crippen molar-refractivity contribution in [2.24, 2.45) is 39.9 Å². The monoisotopic (exact) mass is 345 g/mol. The van der Waals surface area contributed by atoms with Crippen LogP contribution in [0.1, 0.15) is 72.1 Å². The molecule has 1 saturated heterocycles. The molecule has 1 N–H and O–H groups in total. The molecule has 6 bridgehead atoms. The number of fused-ring (bicyclic) bond motifs is 2. The summed E-state index contributed by atoms with van der Waals surface area (Å²) < 4.78 is 0. The van der Waals surface area contributed by atoms with E-state index < -0.39 is 6.10 Å². The summed E-state index contributed by atoms with van der Waals surface area (Å²) in [5.74, 6) is 3.00. The highest BCUT2D eigenvalue weighted by Gasteiger charge is 2.59. The zero-order chi connectivity index (χ0) is 17.6. The number of likely N-dealkylation sites (tertiary alicyclic amines) is 1. The van der Waals surface area contributed by atoms with Crippen molar-refractivity contribution in [3.8, 4) is 0 Å². The van der Waals surface area contributed by atoms with Crippen molar-refractivity contribution in [3.63, 3.8) is 0 Å². The number of carbonyl (C=O) groups is 1. The number of hydrogen-bond acceptors (Lipinski definition) is 2. The molecule has 25 heavy (non-hydrogen) atoms. The molecule has 6 aliphatic rings. The van der Waals surface area contributed by atoms with Crippen LogP contribution in [-0.4, -0.2) is 35.1 Å². The molecule has 0 aromatic rings. The lowest BCUT2D eigenvalue weighted by molar-refractivity contribution is -0.170. The van der Waals surface area contributed by atoms with Crippen LogP contribution in [-0.2, 0) is 4.79 Å². The Morgan fingerprint density at radius 3 is 2.12 bits per heavy atom. The first-order valence-electron chi connectivity index (χ1n) is 10.7. The number of amides is 1. The molecule has 5 aliphatic carbocycles. The van der Waals surface area contributed by atoms with Crippen molar-refractivity contribution in [3.05, 3.63) is 0 Å². The number of carbonyl (C=O) groups excluding carboxylic acids is 1. The lowest BCUT2D eigenvalue weighted by Gasteiger charge is -2.58. The normalized spacial score (nSPS) is 51.0. The number of hydrogen-bond donors (Lipinski definition) is 1. The minimum absolute atomic E-state index is 0.0653. The number of aliphatic hydroxyl groups excluding tert-OH is 1. The number of nitrogens with zero attached hydrogens (tertiary/aromatic N) is 1. The fourth-order valence-corrected chi connectivity index (χ4v) is 8.14. The van der Waals surface area contributed by atoms with Gasteiger partial charge in [0.15, 0.2) is 0 Å². The van der Waals surface area contributed by atoms with Gasteiger partial charge in [-0.15, -0.1) is 0 Å². The second kappa shape index (κ2) is 5.03. The lowest BCUT2D eigenvalue weighted by Crippen LogP contribution is -2.60. The summed E-state index contributed by atoms with van der Waals surface area (Å²) in [6.07, 6.45) is 9.10. The molecule has 1 amide bonds. The summed E-state index contributed by atoms with van der Waals surface area (Å²) in [7, 11) is 0. The molecule has 3 heteroatoms. The molecular weight excluding hydrogens is 310 g/mol. The SMILES string of the molecule is CC1(C)C2CC[C@]1(C)CN(C(=O)C(O)C13CC4CC(CC(C4)C1)C3)C2. The van der Waals surface area contributed by atoms with Gasteiger partial charge < -0.3 is 10.0 Å². The second-order valence-corrected chi connectivity index (χ2v) is 11.4. The summed E-state index contributed by atoms with van der Waals surface area (Å²) in [4.78, 5) is 15.4. The van der Waals surface area contributed by atoms with Gasteiger partial charge in [-0.05, 0) is 85.9 Å². The van der Waals surface area contributed by atoms with Crippen LogP contribution in [0.25, 0.3) is 0 Å². The molecule has 140 valence electrons. The summed E-state index contributed by atoms with van der Waals surface area (Å²) >= 11 is 0. The van der Waals surface area contributed by atoms with Crippen LogP contribution in [0.3, 0.4) is 0 Å². The van der Waals surface area contributed by atoms with Crippen LogP contribution in [0.5, 0.6) is 0 Å². The fourth-order valence-electron chi connectivity index (χ4n) is 8.14. The molecule has 1 heterocycles. The molecule has 0 aromatic heterocycles. The molecule has 2 unspecified atom stereocenters. The molecule has 0 radical (unpaired) electrons. The topological polar surface area (TPSA) is 40.5 Å². The largest absolute Gasteiger partial charge is 0.383 e. The molecular formula is C22H35NO2. The first-order valence-corrected chi connectivity index (χ1v) is 10.7. The minimum atomic E-state index is -0.745. The highest BCUT2D eigenvalue weighted by atomic mass is 16.3. The molecule has 6 rings (SSSR count). The van der Waals surface area contributed by atoms with E-state index in [-0.39, 0.29) is 16.7 Å². The molecule has 5 saturated carbocycles. The van der Waals surface area contributed by atoms with Crippen LogP contribution in [0.4, 0.5) is 0 Å². The maximum Gasteiger partial charge on any atom is 0.252 e. The van der Waals surface area contributed by atoms with Crippen LogP contribution in [0.15, 0.2) is 0 Å². The third kappa shape index (κ3) is 2.17. The summed E-state index contributed by atoms with van der Waals surface area (Å²) in [6, 6.07) is 0. The van der Waals surface area contributed by atoms with Gasteiger partial charge in [0, 0.05) is 18.5 Å². The maximum atomic E-state index is 13.4. The third-order valence-corrected chi connectivity index (χ3v) is 9.81. The highest BCUT2D eigenvalue weighted by molar-refractivity contribution is 5.82. The summed E-state index contributed by atoms with van der Waals surface area (Å²) in [5, 5.41) is 11.3. The standard InChI is InChI=1S/C22H35NO2/c1-20(2)17-4-5-21(20,3)13-23(12-17)19(25)18(24)22-9-14-6-15(10-22)8-16(7-14)11-22/h14-18,24H,4-13H2,1-3H3/t14?,15?,16?,17?,18?,21-,22?/m1/s1. The Kier molecular flexibility index (Phi) is 3.34. The van der Waals surface area contributed by atoms with Crippen molar-refractivity contribution in [2.75, 3.05) is 13.1 Å². The Balaban J connectivity index is 1.37. The van der Waals surface area contributed by atoms with Gasteiger partial charge in [-0.1, -0.05) is 20.8 Å². The molecule has 0 spiro atoms. The van der Waals surface area contributed by atoms with E-state index in [2.05, 4.69) is 25.7 Å². The first-order chi connectivity index (χ1) is 11.7. The van der Waals surface area contributed by atoms with Crippen molar-refractivity contribution >= 4 is 5.91 Å². The predicted molar refractivity (Wildman–Crippen MR) is 97.8 cm³/mol. The minimum Gasteiger partial charge on any atom is -0.383 e. The Bertz CT molecular complexity index is 562. The quantitative estimate of drug-likeness (QED) is 0.826. The molecule has 3 atom stereocenters. The van der Waals surface area contributed by atoms with Crippen LogP contribution in [0.2, 0.25) is 0 Å². The van der Waals surface area contributed by atoms with Gasteiger partial charge in [0.2, 0.25) is 0 Å². The van der Waals surface area contributed by atoms with E-state index >= 15 is 0 Å². The van der Waals surface area contributed by atoms with E-state index in [4.69, 9.17) is 0 Å². The van der Waals surface area contributed by atoms with E-state index in [0.717, 1.165) is 50.1 Å². The van der Waals surface area contributed by atoms with Gasteiger partial charge in [-0.3, -0.25) is 4.79 Å². The predicted octanol–water partition coefficient (Wildman–Crippen LogP) is 3.85. The summed E-state index contributed by atoms with van der Waals surface area (Å²) in [6.45, 7) is 8.86. The molecule has 1 aliphatic heterocycles. The zero-order valence-electron chi connectivity index (χ0n) is 16.3. The smallest absolute Gasteiger partial charge is 0.252 e. The Morgan fingerprint density at radius 1 is 1.04 bits per heavy atom. The van der Waals surface area contributed by atoms with E-state index in [1.54, 1.807) is 0 Å². The van der Waals surface area contributed by atoms with E-state index in [1.807, 2.05) is 0 Å². The molecule has 0 aromatic carbocycles. The number of aliphatic hydroxyl groups is 1. The number of piperidine rings is 1. The van der Waals surface area contributed by atoms with Gasteiger partial charge in [0.05, 0.1) is 0 Å². The van der Waals surface area contributed by atoms with Gasteiger partial charge in [-0.2, -0.15) is 0 Å². The Hall–Kier alpha value is -0.570. The third-order valence-electron chi connectivity index (χ3n) is 9.81. The van der Waals surface area contributed by atoms with Crippen LogP contribution < -0.4 is 0 Å². The average Bonchev–Trinajstić information content (AvgIpc) is 2.69. The van der Waals surface area contributed by atoms with Crippen molar-refractivity contribution in [1.29, 1.82) is 0 Å². The Labute approximate surface area is 152 Å². The lowest BCUT2D eigenvalue weighted by atomic mass is 9.48. The van der Waals surface area contributed by atoms with Gasteiger partial charge in [0.1, 0.15) is 6.10 Å². The van der Waals surface area contributed by atoms with E-state index in [9.17, 15) is 9.90 Å². The highest BCUT2D eigenvalue weighted by Crippen LogP contribution is 2.62. The maximum absolute atomic E-state index is 13.4. The second-order valence-electron chi connectivity index (χ2n) is 11.4. The average molecular weight is 346 g/mol. The van der Waals surface area contributed by atoms with Crippen molar-refractivity contribution in [2.45, 2.75) is 78.2 Å². The van der Waals surface area contributed by atoms with Gasteiger partial charge in [-0.25, -0.2) is 0 Å². The van der Waals surface area contributed by atoms with Gasteiger partial charge in [0.25, 0.3) is 5.91 Å². The molecule has 3 nitrogen and oxygen atoms in total. The summed E-state index contributed by atoms with van der Waals surface area (Å²) in [5.41, 5.74) is 0.445. The van der Waals surface area contributed by atoms with E-state index in [1.165, 1.54) is 32.1 Å². The zero-order valence-corrected chi connectivity index (χ0v) is 16.3. The van der Waals surface area contributed by atoms with Crippen LogP contribution in [0, 0.1) is 39.9 Å². The number of rotatable bonds is 2. The van der Waals surface area contributed by atoms with Crippen LogP contribution >= 0.6 is 0 Å². The van der Waals surface area contributed by atoms with Gasteiger partial charge >= 0.3 is 0 Å².